The normalized spacial score (nSPS) is 10.4. The van der Waals surface area contributed by atoms with E-state index in [1.807, 2.05) is 0 Å². The molecule has 0 spiro atoms. The molecule has 0 bridgehead atoms. The lowest BCUT2D eigenvalue weighted by Gasteiger charge is -2.10. The van der Waals surface area contributed by atoms with Crippen LogP contribution in [0.3, 0.4) is 0 Å². The second-order valence-electron chi connectivity index (χ2n) is 3.70. The van der Waals surface area contributed by atoms with Gasteiger partial charge in [0.1, 0.15) is 12.0 Å². The number of aryl methyl sites for hydroxylation is 1. The van der Waals surface area contributed by atoms with Crippen molar-refractivity contribution in [1.29, 1.82) is 0 Å². The van der Waals surface area contributed by atoms with Crippen molar-refractivity contribution in [3.63, 3.8) is 0 Å². The summed E-state index contributed by atoms with van der Waals surface area (Å²) in [5.74, 6) is -1.69. The molecule has 2 aromatic rings. The molecule has 0 aliphatic carbocycles. The summed E-state index contributed by atoms with van der Waals surface area (Å²) in [5, 5.41) is 0. The average Bonchev–Trinajstić information content (AvgIpc) is 2.36. The summed E-state index contributed by atoms with van der Waals surface area (Å²) < 4.78 is 32.4. The minimum absolute atomic E-state index is 0.0101. The molecule has 2 N–H and O–H groups in total. The molecule has 1 aromatic heterocycles. The third-order valence-corrected chi connectivity index (χ3v) is 2.57. The summed E-state index contributed by atoms with van der Waals surface area (Å²) >= 11 is 0. The lowest BCUT2D eigenvalue weighted by Crippen LogP contribution is -2.02. The third-order valence-electron chi connectivity index (χ3n) is 2.57. The van der Waals surface area contributed by atoms with Crippen molar-refractivity contribution in [3.05, 3.63) is 35.7 Å². The van der Waals surface area contributed by atoms with Crippen molar-refractivity contribution in [2.75, 3.05) is 12.8 Å². The van der Waals surface area contributed by atoms with Gasteiger partial charge in [0.25, 0.3) is 0 Å². The molecule has 0 fully saturated rings. The molecule has 1 heterocycles. The fourth-order valence-electron chi connectivity index (χ4n) is 1.61. The van der Waals surface area contributed by atoms with Crippen LogP contribution in [-0.4, -0.2) is 17.1 Å². The number of halogens is 2. The van der Waals surface area contributed by atoms with E-state index >= 15 is 0 Å². The second-order valence-corrected chi connectivity index (χ2v) is 3.70. The van der Waals surface area contributed by atoms with Crippen molar-refractivity contribution >= 4 is 5.82 Å². The van der Waals surface area contributed by atoms with Crippen LogP contribution >= 0.6 is 0 Å². The molecule has 1 aromatic carbocycles. The van der Waals surface area contributed by atoms with E-state index in [9.17, 15) is 8.78 Å². The molecule has 2 rings (SSSR count). The van der Waals surface area contributed by atoms with Crippen LogP contribution in [0.25, 0.3) is 11.3 Å². The Hall–Kier alpha value is -2.24. The van der Waals surface area contributed by atoms with E-state index in [0.717, 1.165) is 0 Å². The van der Waals surface area contributed by atoms with Gasteiger partial charge < -0.3 is 10.5 Å². The molecule has 0 amide bonds. The van der Waals surface area contributed by atoms with Crippen LogP contribution in [0.2, 0.25) is 0 Å². The van der Waals surface area contributed by atoms with Gasteiger partial charge in [0.15, 0.2) is 23.2 Å². The van der Waals surface area contributed by atoms with Gasteiger partial charge in [-0.1, -0.05) is 6.07 Å². The Kier molecular flexibility index (Phi) is 3.10. The Balaban J connectivity index is 2.70. The van der Waals surface area contributed by atoms with E-state index in [0.29, 0.717) is 0 Å². The molecule has 0 saturated heterocycles. The molecule has 0 atom stereocenters. The van der Waals surface area contributed by atoms with Crippen LogP contribution in [0.4, 0.5) is 14.6 Å². The van der Waals surface area contributed by atoms with Gasteiger partial charge in [-0.05, 0) is 18.6 Å². The van der Waals surface area contributed by atoms with E-state index in [1.165, 1.54) is 32.5 Å². The summed E-state index contributed by atoms with van der Waals surface area (Å²) in [6.07, 6.45) is 1.17. The highest BCUT2D eigenvalue weighted by Crippen LogP contribution is 2.33. The molecule has 18 heavy (non-hydrogen) atoms. The van der Waals surface area contributed by atoms with Crippen LogP contribution in [0.5, 0.6) is 5.75 Å². The second kappa shape index (κ2) is 4.56. The van der Waals surface area contributed by atoms with Gasteiger partial charge in [-0.25, -0.2) is 18.7 Å². The van der Waals surface area contributed by atoms with E-state index < -0.39 is 11.6 Å². The van der Waals surface area contributed by atoms with E-state index in [2.05, 4.69) is 9.97 Å². The summed E-state index contributed by atoms with van der Waals surface area (Å²) in [5.41, 5.74) is 5.93. The molecule has 94 valence electrons. The number of aromatic nitrogens is 2. The number of hydrogen-bond acceptors (Lipinski definition) is 4. The van der Waals surface area contributed by atoms with Crippen molar-refractivity contribution in [2.45, 2.75) is 6.92 Å². The number of benzene rings is 1. The zero-order valence-corrected chi connectivity index (χ0v) is 9.87. The SMILES string of the molecule is COc1c(N)ncnc1-c1ccc(C)c(F)c1F. The number of nitrogens with two attached hydrogens (primary N) is 1. The molecular formula is C12H11F2N3O. The summed E-state index contributed by atoms with van der Waals surface area (Å²) in [6.45, 7) is 1.48. The topological polar surface area (TPSA) is 61.0 Å². The van der Waals surface area contributed by atoms with Crippen molar-refractivity contribution in [3.8, 4) is 17.0 Å². The Morgan fingerprint density at radius 2 is 1.89 bits per heavy atom. The molecule has 0 unspecified atom stereocenters. The molecule has 0 radical (unpaired) electrons. The van der Waals surface area contributed by atoms with Gasteiger partial charge in [-0.2, -0.15) is 0 Å². The van der Waals surface area contributed by atoms with Crippen LogP contribution in [-0.2, 0) is 0 Å². The lowest BCUT2D eigenvalue weighted by molar-refractivity contribution is 0.414. The number of ether oxygens (including phenoxy) is 1. The largest absolute Gasteiger partial charge is 0.491 e. The number of nitrogens with zero attached hydrogens (tertiary/aromatic N) is 2. The molecule has 0 aliphatic rings. The van der Waals surface area contributed by atoms with Crippen LogP contribution in [0.15, 0.2) is 18.5 Å². The minimum Gasteiger partial charge on any atom is -0.491 e. The number of hydrogen-bond donors (Lipinski definition) is 1. The summed E-state index contributed by atoms with van der Waals surface area (Å²) in [4.78, 5) is 7.62. The first-order chi connectivity index (χ1) is 8.56. The Bertz CT molecular complexity index is 602. The zero-order chi connectivity index (χ0) is 13.3. The monoisotopic (exact) mass is 251 g/mol. The third kappa shape index (κ3) is 1.85. The molecule has 0 aliphatic heterocycles. The first-order valence-electron chi connectivity index (χ1n) is 5.15. The number of anilines is 1. The van der Waals surface area contributed by atoms with Gasteiger partial charge in [-0.3, -0.25) is 0 Å². The van der Waals surface area contributed by atoms with Crippen LogP contribution in [0, 0.1) is 18.6 Å². The van der Waals surface area contributed by atoms with E-state index in [-0.39, 0.29) is 28.4 Å². The molecule has 6 heteroatoms. The Morgan fingerprint density at radius 1 is 1.17 bits per heavy atom. The van der Waals surface area contributed by atoms with Crippen LogP contribution < -0.4 is 10.5 Å². The lowest BCUT2D eigenvalue weighted by atomic mass is 10.1. The predicted molar refractivity (Wildman–Crippen MR) is 63.1 cm³/mol. The quantitative estimate of drug-likeness (QED) is 0.889. The highest BCUT2D eigenvalue weighted by molar-refractivity contribution is 5.72. The van der Waals surface area contributed by atoms with Crippen molar-refractivity contribution in [1.82, 2.24) is 9.97 Å². The van der Waals surface area contributed by atoms with Gasteiger partial charge in [0.05, 0.1) is 7.11 Å². The minimum atomic E-state index is -0.980. The average molecular weight is 251 g/mol. The number of rotatable bonds is 2. The van der Waals surface area contributed by atoms with E-state index in [4.69, 9.17) is 10.5 Å². The molecule has 0 saturated carbocycles. The zero-order valence-electron chi connectivity index (χ0n) is 9.87. The highest BCUT2D eigenvalue weighted by Gasteiger charge is 2.18. The summed E-state index contributed by atoms with van der Waals surface area (Å²) in [7, 11) is 1.36. The van der Waals surface area contributed by atoms with Gasteiger partial charge in [0.2, 0.25) is 0 Å². The van der Waals surface area contributed by atoms with Crippen molar-refractivity contribution in [2.24, 2.45) is 0 Å². The van der Waals surface area contributed by atoms with Gasteiger partial charge in [0, 0.05) is 5.56 Å². The number of methoxy groups -OCH3 is 1. The maximum atomic E-state index is 13.9. The molecular weight excluding hydrogens is 240 g/mol. The Morgan fingerprint density at radius 3 is 2.56 bits per heavy atom. The van der Waals surface area contributed by atoms with Gasteiger partial charge in [-0.15, -0.1) is 0 Å². The number of nitrogen functional groups attached to an aromatic ring is 1. The first kappa shape index (κ1) is 12.2. The standard InChI is InChI=1S/C12H11F2N3O/c1-6-3-4-7(9(14)8(6)13)10-11(18-2)12(15)17-5-16-10/h3-5H,1-2H3,(H2,15,16,17). The highest BCUT2D eigenvalue weighted by atomic mass is 19.2. The fourth-order valence-corrected chi connectivity index (χ4v) is 1.61. The molecule has 4 nitrogen and oxygen atoms in total. The maximum absolute atomic E-state index is 13.9. The van der Waals surface area contributed by atoms with Gasteiger partial charge >= 0.3 is 0 Å². The summed E-state index contributed by atoms with van der Waals surface area (Å²) in [6, 6.07) is 2.89. The fraction of sp³-hybridized carbons (Fsp3) is 0.167. The maximum Gasteiger partial charge on any atom is 0.187 e. The smallest absolute Gasteiger partial charge is 0.187 e. The van der Waals surface area contributed by atoms with E-state index in [1.54, 1.807) is 0 Å². The predicted octanol–water partition coefficient (Wildman–Crippen LogP) is 2.32. The first-order valence-corrected chi connectivity index (χ1v) is 5.15. The van der Waals surface area contributed by atoms with Crippen LogP contribution in [0.1, 0.15) is 5.56 Å². The van der Waals surface area contributed by atoms with Crippen molar-refractivity contribution < 1.29 is 13.5 Å². The Labute approximate surface area is 102 Å².